The number of nitrogens with one attached hydrogen (secondary N) is 1. The van der Waals surface area contributed by atoms with Crippen LogP contribution in [0.25, 0.3) is 0 Å². The van der Waals surface area contributed by atoms with Crippen LogP contribution in [-0.2, 0) is 25.6 Å². The highest BCUT2D eigenvalue weighted by Gasteiger charge is 2.27. The number of carbonyl (C=O) groups is 4. The highest BCUT2D eigenvalue weighted by molar-refractivity contribution is 5.93. The van der Waals surface area contributed by atoms with E-state index in [2.05, 4.69) is 10.3 Å². The maximum Gasteiger partial charge on any atom is 0.245 e. The molecule has 0 spiro atoms. The quantitative estimate of drug-likeness (QED) is 0.375. The van der Waals surface area contributed by atoms with Crippen molar-refractivity contribution in [2.24, 2.45) is 17.2 Å². The number of aromatic nitrogens is 1. The minimum atomic E-state index is -1.18. The lowest BCUT2D eigenvalue weighted by molar-refractivity contribution is -0.138. The average molecular weight is 350 g/mol. The number of likely N-dealkylation sites (N-methyl/N-ethyl adjacent to an activating group) is 1. The zero-order valence-corrected chi connectivity index (χ0v) is 13.8. The Hall–Kier alpha value is -3.01. The van der Waals surface area contributed by atoms with Gasteiger partial charge in [-0.1, -0.05) is 6.07 Å². The molecule has 0 aliphatic rings. The number of pyridine rings is 1. The molecule has 0 unspecified atom stereocenters. The highest BCUT2D eigenvalue weighted by atomic mass is 16.2. The van der Waals surface area contributed by atoms with E-state index in [4.69, 9.17) is 17.2 Å². The predicted octanol–water partition coefficient (Wildman–Crippen LogP) is -2.74. The highest BCUT2D eigenvalue weighted by Crippen LogP contribution is 2.05. The second-order valence-corrected chi connectivity index (χ2v) is 5.56. The summed E-state index contributed by atoms with van der Waals surface area (Å²) in [6, 6.07) is 1.24. The Morgan fingerprint density at radius 3 is 2.44 bits per heavy atom. The van der Waals surface area contributed by atoms with Crippen LogP contribution in [0.15, 0.2) is 24.5 Å². The number of carbonyl (C=O) groups excluding carboxylic acids is 4. The van der Waals surface area contributed by atoms with Gasteiger partial charge in [-0.25, -0.2) is 0 Å². The zero-order valence-electron chi connectivity index (χ0n) is 13.8. The van der Waals surface area contributed by atoms with Crippen LogP contribution in [0.4, 0.5) is 0 Å². The van der Waals surface area contributed by atoms with Crippen LogP contribution in [-0.4, -0.2) is 59.2 Å². The average Bonchev–Trinajstić information content (AvgIpc) is 2.53. The van der Waals surface area contributed by atoms with Gasteiger partial charge in [-0.2, -0.15) is 0 Å². The fourth-order valence-electron chi connectivity index (χ4n) is 2.12. The molecule has 2 atom stereocenters. The number of primary amides is 2. The van der Waals surface area contributed by atoms with Crippen LogP contribution in [0.5, 0.6) is 0 Å². The monoisotopic (exact) mass is 350 g/mol. The van der Waals surface area contributed by atoms with Crippen LogP contribution in [0, 0.1) is 0 Å². The molecular weight excluding hydrogens is 328 g/mol. The largest absolute Gasteiger partial charge is 0.370 e. The number of nitrogens with two attached hydrogens (primary N) is 3. The lowest BCUT2D eigenvalue weighted by Gasteiger charge is -2.25. The molecule has 0 aromatic carbocycles. The molecule has 0 saturated carbocycles. The molecule has 1 aromatic heterocycles. The van der Waals surface area contributed by atoms with Gasteiger partial charge < -0.3 is 27.4 Å². The third-order valence-electron chi connectivity index (χ3n) is 3.30. The predicted molar refractivity (Wildman–Crippen MR) is 88.5 cm³/mol. The molecule has 25 heavy (non-hydrogen) atoms. The Kier molecular flexibility index (Phi) is 7.47. The molecule has 1 aromatic rings. The molecule has 10 nitrogen and oxygen atoms in total. The van der Waals surface area contributed by atoms with Gasteiger partial charge in [0.15, 0.2) is 0 Å². The first-order chi connectivity index (χ1) is 11.7. The molecule has 4 amide bonds. The Morgan fingerprint density at radius 2 is 1.92 bits per heavy atom. The fraction of sp³-hybridized carbons (Fsp3) is 0.400. The summed E-state index contributed by atoms with van der Waals surface area (Å²) >= 11 is 0. The van der Waals surface area contributed by atoms with Crippen LogP contribution in [0.3, 0.4) is 0 Å². The molecule has 7 N–H and O–H groups in total. The van der Waals surface area contributed by atoms with Gasteiger partial charge in [-0.3, -0.25) is 24.2 Å². The van der Waals surface area contributed by atoms with Crippen LogP contribution in [0.1, 0.15) is 12.0 Å². The van der Waals surface area contributed by atoms with Crippen molar-refractivity contribution in [1.82, 2.24) is 15.2 Å². The van der Waals surface area contributed by atoms with Gasteiger partial charge in [0, 0.05) is 25.9 Å². The maximum absolute atomic E-state index is 12.5. The number of rotatable bonds is 9. The molecule has 0 aliphatic heterocycles. The van der Waals surface area contributed by atoms with Crippen LogP contribution in [0.2, 0.25) is 0 Å². The lowest BCUT2D eigenvalue weighted by atomic mass is 10.1. The summed E-state index contributed by atoms with van der Waals surface area (Å²) in [5, 5.41) is 2.48. The van der Waals surface area contributed by atoms with Gasteiger partial charge in [0.1, 0.15) is 6.04 Å². The van der Waals surface area contributed by atoms with Crippen molar-refractivity contribution in [3.63, 3.8) is 0 Å². The first-order valence-electron chi connectivity index (χ1n) is 7.47. The van der Waals surface area contributed by atoms with Crippen molar-refractivity contribution in [3.8, 4) is 0 Å². The molecule has 136 valence electrons. The van der Waals surface area contributed by atoms with Crippen molar-refractivity contribution in [2.45, 2.75) is 24.9 Å². The number of nitrogens with zero attached hydrogens (tertiary/aromatic N) is 2. The van der Waals surface area contributed by atoms with E-state index in [1.54, 1.807) is 24.5 Å². The van der Waals surface area contributed by atoms with Crippen molar-refractivity contribution in [2.75, 3.05) is 13.6 Å². The van der Waals surface area contributed by atoms with E-state index in [9.17, 15) is 19.2 Å². The van der Waals surface area contributed by atoms with E-state index < -0.39 is 35.7 Å². The van der Waals surface area contributed by atoms with Crippen LogP contribution >= 0.6 is 0 Å². The molecule has 0 aliphatic carbocycles. The van der Waals surface area contributed by atoms with E-state index >= 15 is 0 Å². The van der Waals surface area contributed by atoms with E-state index in [1.807, 2.05) is 0 Å². The Morgan fingerprint density at radius 1 is 1.24 bits per heavy atom. The SMILES string of the molecule is CN(CC(N)=O)C(=O)[C@H](Cc1cccnc1)NC(=O)[C@@H](N)CC(N)=O. The smallest absolute Gasteiger partial charge is 0.245 e. The minimum Gasteiger partial charge on any atom is -0.370 e. The molecule has 0 bridgehead atoms. The summed E-state index contributed by atoms with van der Waals surface area (Å²) in [4.78, 5) is 51.6. The molecule has 10 heteroatoms. The Labute approximate surface area is 144 Å². The minimum absolute atomic E-state index is 0.130. The van der Waals surface area contributed by atoms with Gasteiger partial charge in [0.05, 0.1) is 19.0 Å². The summed E-state index contributed by atoms with van der Waals surface area (Å²) in [6.07, 6.45) is 2.90. The first-order valence-corrected chi connectivity index (χ1v) is 7.47. The van der Waals surface area contributed by atoms with Gasteiger partial charge in [0.2, 0.25) is 23.6 Å². The summed E-state index contributed by atoms with van der Waals surface area (Å²) < 4.78 is 0. The normalized spacial score (nSPS) is 12.7. The molecular formula is C15H22N6O4. The topological polar surface area (TPSA) is 174 Å². The van der Waals surface area contributed by atoms with Gasteiger partial charge in [0.25, 0.3) is 0 Å². The maximum atomic E-state index is 12.5. The van der Waals surface area contributed by atoms with E-state index in [0.717, 1.165) is 4.90 Å². The Balaban J connectivity index is 2.90. The lowest BCUT2D eigenvalue weighted by Crippen LogP contribution is -2.54. The van der Waals surface area contributed by atoms with Gasteiger partial charge >= 0.3 is 0 Å². The van der Waals surface area contributed by atoms with E-state index in [-0.39, 0.29) is 19.4 Å². The number of hydrogen-bond acceptors (Lipinski definition) is 6. The van der Waals surface area contributed by atoms with Crippen molar-refractivity contribution in [3.05, 3.63) is 30.1 Å². The zero-order chi connectivity index (χ0) is 19.0. The third kappa shape index (κ3) is 6.96. The molecule has 0 radical (unpaired) electrons. The molecule has 0 saturated heterocycles. The van der Waals surface area contributed by atoms with Crippen molar-refractivity contribution < 1.29 is 19.2 Å². The second-order valence-electron chi connectivity index (χ2n) is 5.56. The van der Waals surface area contributed by atoms with Gasteiger partial charge in [-0.15, -0.1) is 0 Å². The van der Waals surface area contributed by atoms with Crippen molar-refractivity contribution >= 4 is 23.6 Å². The van der Waals surface area contributed by atoms with Gasteiger partial charge in [-0.05, 0) is 11.6 Å². The number of hydrogen-bond donors (Lipinski definition) is 4. The van der Waals surface area contributed by atoms with E-state index in [1.165, 1.54) is 7.05 Å². The summed E-state index contributed by atoms with van der Waals surface area (Å²) in [5.41, 5.74) is 16.4. The van der Waals surface area contributed by atoms with Crippen molar-refractivity contribution in [1.29, 1.82) is 0 Å². The Bertz CT molecular complexity index is 636. The molecule has 1 rings (SSSR count). The summed E-state index contributed by atoms with van der Waals surface area (Å²) in [7, 11) is 1.39. The third-order valence-corrected chi connectivity index (χ3v) is 3.30. The molecule has 1 heterocycles. The molecule has 0 fully saturated rings. The second kappa shape index (κ2) is 9.33. The fourth-order valence-corrected chi connectivity index (χ4v) is 2.12. The first kappa shape index (κ1) is 20.0. The van der Waals surface area contributed by atoms with E-state index in [0.29, 0.717) is 5.56 Å². The van der Waals surface area contributed by atoms with Crippen LogP contribution < -0.4 is 22.5 Å². The summed E-state index contributed by atoms with van der Waals surface area (Å²) in [5.74, 6) is -2.65. The number of amides is 4. The standard InChI is InChI=1S/C15H22N6O4/c1-21(8-13(18)23)15(25)11(5-9-3-2-4-19-7-9)20-14(24)10(16)6-12(17)22/h2-4,7,10-11H,5-6,8,16H2,1H3,(H2,17,22)(H2,18,23)(H,20,24)/t10-,11-/m0/s1. The summed E-state index contributed by atoms with van der Waals surface area (Å²) in [6.45, 7) is -0.300.